The van der Waals surface area contributed by atoms with Crippen LogP contribution in [0.3, 0.4) is 0 Å². The first-order chi connectivity index (χ1) is 9.24. The first kappa shape index (κ1) is 12.1. The molecule has 0 N–H and O–H groups in total. The Kier molecular flexibility index (Phi) is 2.94. The van der Waals surface area contributed by atoms with Crippen LogP contribution in [0.4, 0.5) is 0 Å². The van der Waals surface area contributed by atoms with E-state index in [2.05, 4.69) is 15.2 Å². The Morgan fingerprint density at radius 3 is 3.00 bits per heavy atom. The van der Waals surface area contributed by atoms with Gasteiger partial charge in [0.15, 0.2) is 16.7 Å². The van der Waals surface area contributed by atoms with E-state index in [-0.39, 0.29) is 6.04 Å². The number of aromatic nitrogens is 4. The third kappa shape index (κ3) is 1.88. The number of hydrogen-bond acceptors (Lipinski definition) is 6. The molecule has 1 unspecified atom stereocenters. The SMILES string of the molecule is COc1csc(-c2nnc3n2CCN(C=O)C3C)n1. The lowest BCUT2D eigenvalue weighted by atomic mass is 10.2. The number of ether oxygens (including phenoxy) is 1. The van der Waals surface area contributed by atoms with Crippen LogP contribution in [-0.4, -0.2) is 44.7 Å². The summed E-state index contributed by atoms with van der Waals surface area (Å²) < 4.78 is 7.10. The average molecular weight is 279 g/mol. The van der Waals surface area contributed by atoms with Crippen molar-refractivity contribution >= 4 is 17.7 Å². The summed E-state index contributed by atoms with van der Waals surface area (Å²) in [4.78, 5) is 17.0. The number of thiazole rings is 1. The highest BCUT2D eigenvalue weighted by Crippen LogP contribution is 2.30. The van der Waals surface area contributed by atoms with Gasteiger partial charge >= 0.3 is 0 Å². The van der Waals surface area contributed by atoms with E-state index in [9.17, 15) is 4.79 Å². The predicted molar refractivity (Wildman–Crippen MR) is 68.9 cm³/mol. The first-order valence-electron chi connectivity index (χ1n) is 5.88. The second kappa shape index (κ2) is 4.61. The van der Waals surface area contributed by atoms with Crippen molar-refractivity contribution in [3.05, 3.63) is 11.2 Å². The molecular weight excluding hydrogens is 266 g/mol. The van der Waals surface area contributed by atoms with Crippen molar-refractivity contribution in [1.29, 1.82) is 0 Å². The van der Waals surface area contributed by atoms with E-state index < -0.39 is 0 Å². The van der Waals surface area contributed by atoms with Gasteiger partial charge in [-0.25, -0.2) is 0 Å². The molecule has 19 heavy (non-hydrogen) atoms. The van der Waals surface area contributed by atoms with Gasteiger partial charge < -0.3 is 14.2 Å². The number of methoxy groups -OCH3 is 1. The zero-order chi connectivity index (χ0) is 13.4. The molecule has 0 bridgehead atoms. The van der Waals surface area contributed by atoms with Crippen LogP contribution in [0.2, 0.25) is 0 Å². The van der Waals surface area contributed by atoms with Gasteiger partial charge in [0.2, 0.25) is 12.3 Å². The average Bonchev–Trinajstić information content (AvgIpc) is 3.05. The van der Waals surface area contributed by atoms with Crippen LogP contribution in [-0.2, 0) is 11.3 Å². The predicted octanol–water partition coefficient (Wildman–Crippen LogP) is 0.943. The van der Waals surface area contributed by atoms with Crippen molar-refractivity contribution in [2.75, 3.05) is 13.7 Å². The van der Waals surface area contributed by atoms with Gasteiger partial charge in [-0.15, -0.1) is 21.5 Å². The monoisotopic (exact) mass is 279 g/mol. The summed E-state index contributed by atoms with van der Waals surface area (Å²) in [5.41, 5.74) is 0. The van der Waals surface area contributed by atoms with Crippen LogP contribution in [0, 0.1) is 0 Å². The van der Waals surface area contributed by atoms with Gasteiger partial charge in [0.05, 0.1) is 18.5 Å². The number of amides is 1. The molecule has 8 heteroatoms. The van der Waals surface area contributed by atoms with E-state index >= 15 is 0 Å². The summed E-state index contributed by atoms with van der Waals surface area (Å²) in [7, 11) is 1.59. The Morgan fingerprint density at radius 1 is 1.47 bits per heavy atom. The van der Waals surface area contributed by atoms with Gasteiger partial charge in [-0.2, -0.15) is 4.98 Å². The Morgan fingerprint density at radius 2 is 2.32 bits per heavy atom. The fraction of sp³-hybridized carbons (Fsp3) is 0.455. The molecule has 0 spiro atoms. The van der Waals surface area contributed by atoms with Crippen molar-refractivity contribution in [3.63, 3.8) is 0 Å². The van der Waals surface area contributed by atoms with Crippen molar-refractivity contribution in [1.82, 2.24) is 24.6 Å². The Balaban J connectivity index is 2.00. The number of nitrogens with zero attached hydrogens (tertiary/aromatic N) is 5. The summed E-state index contributed by atoms with van der Waals surface area (Å²) in [5, 5.41) is 11.0. The van der Waals surface area contributed by atoms with Crippen LogP contribution in [0.25, 0.3) is 10.8 Å². The number of carbonyl (C=O) groups excluding carboxylic acids is 1. The largest absolute Gasteiger partial charge is 0.480 e. The molecule has 1 atom stereocenters. The minimum atomic E-state index is -0.0608. The van der Waals surface area contributed by atoms with Gasteiger partial charge in [0.1, 0.15) is 0 Å². The third-order valence-electron chi connectivity index (χ3n) is 3.25. The molecule has 1 amide bonds. The molecule has 0 radical (unpaired) electrons. The highest BCUT2D eigenvalue weighted by molar-refractivity contribution is 7.13. The molecule has 1 aliphatic rings. The zero-order valence-electron chi connectivity index (χ0n) is 10.6. The summed E-state index contributed by atoms with van der Waals surface area (Å²) >= 11 is 1.47. The molecule has 3 rings (SSSR count). The van der Waals surface area contributed by atoms with Gasteiger partial charge in [0, 0.05) is 13.1 Å². The number of hydrogen-bond donors (Lipinski definition) is 0. The molecule has 0 fully saturated rings. The first-order valence-corrected chi connectivity index (χ1v) is 6.76. The summed E-state index contributed by atoms with van der Waals surface area (Å²) in [6, 6.07) is -0.0608. The smallest absolute Gasteiger partial charge is 0.224 e. The summed E-state index contributed by atoms with van der Waals surface area (Å²) in [5.74, 6) is 2.11. The van der Waals surface area contributed by atoms with Crippen molar-refractivity contribution < 1.29 is 9.53 Å². The lowest BCUT2D eigenvalue weighted by Crippen LogP contribution is -2.36. The van der Waals surface area contributed by atoms with Gasteiger partial charge in [-0.1, -0.05) is 0 Å². The molecule has 2 aromatic rings. The Hall–Kier alpha value is -1.96. The Labute approximate surface area is 113 Å². The maximum absolute atomic E-state index is 10.9. The minimum absolute atomic E-state index is 0.0608. The lowest BCUT2D eigenvalue weighted by Gasteiger charge is -2.30. The molecule has 2 aromatic heterocycles. The van der Waals surface area contributed by atoms with Gasteiger partial charge in [-0.05, 0) is 6.92 Å². The molecule has 0 aromatic carbocycles. The summed E-state index contributed by atoms with van der Waals surface area (Å²) in [6.07, 6.45) is 0.856. The van der Waals surface area contributed by atoms with Gasteiger partial charge in [0.25, 0.3) is 0 Å². The highest BCUT2D eigenvalue weighted by atomic mass is 32.1. The van der Waals surface area contributed by atoms with E-state index in [0.29, 0.717) is 19.0 Å². The van der Waals surface area contributed by atoms with Crippen LogP contribution >= 0.6 is 11.3 Å². The van der Waals surface area contributed by atoms with Crippen LogP contribution < -0.4 is 4.74 Å². The molecular formula is C11H13N5O2S. The van der Waals surface area contributed by atoms with Crippen molar-refractivity contribution in [2.24, 2.45) is 0 Å². The standard InChI is InChI=1S/C11H13N5O2S/c1-7-9-13-14-10(11-12-8(18-2)5-19-11)16(9)4-3-15(7)6-17/h5-7H,3-4H2,1-2H3. The molecule has 1 aliphatic heterocycles. The maximum atomic E-state index is 10.9. The van der Waals surface area contributed by atoms with Crippen molar-refractivity contribution in [3.8, 4) is 16.7 Å². The molecule has 0 saturated carbocycles. The second-order valence-electron chi connectivity index (χ2n) is 4.25. The van der Waals surface area contributed by atoms with E-state index in [0.717, 1.165) is 23.1 Å². The number of rotatable bonds is 3. The topological polar surface area (TPSA) is 73.1 Å². The number of carbonyl (C=O) groups is 1. The molecule has 100 valence electrons. The molecule has 0 saturated heterocycles. The third-order valence-corrected chi connectivity index (χ3v) is 4.07. The fourth-order valence-electron chi connectivity index (χ4n) is 2.16. The maximum Gasteiger partial charge on any atom is 0.224 e. The van der Waals surface area contributed by atoms with Crippen LogP contribution in [0.5, 0.6) is 5.88 Å². The van der Waals surface area contributed by atoms with Crippen LogP contribution in [0.1, 0.15) is 18.8 Å². The van der Waals surface area contributed by atoms with E-state index in [1.54, 1.807) is 12.0 Å². The molecule has 0 aliphatic carbocycles. The van der Waals surface area contributed by atoms with Gasteiger partial charge in [-0.3, -0.25) is 4.79 Å². The minimum Gasteiger partial charge on any atom is -0.480 e. The zero-order valence-corrected chi connectivity index (χ0v) is 11.4. The van der Waals surface area contributed by atoms with Crippen LogP contribution in [0.15, 0.2) is 5.38 Å². The highest BCUT2D eigenvalue weighted by Gasteiger charge is 2.28. The van der Waals surface area contributed by atoms with Crippen molar-refractivity contribution in [2.45, 2.75) is 19.5 Å². The van der Waals surface area contributed by atoms with E-state index in [1.165, 1.54) is 11.3 Å². The summed E-state index contributed by atoms with van der Waals surface area (Å²) in [6.45, 7) is 3.29. The number of fused-ring (bicyclic) bond motifs is 1. The molecule has 3 heterocycles. The normalized spacial score (nSPS) is 18.2. The van der Waals surface area contributed by atoms with E-state index in [4.69, 9.17) is 4.74 Å². The van der Waals surface area contributed by atoms with E-state index in [1.807, 2.05) is 16.9 Å². The fourth-order valence-corrected chi connectivity index (χ4v) is 2.92. The second-order valence-corrected chi connectivity index (χ2v) is 5.11. The quantitative estimate of drug-likeness (QED) is 0.782. The lowest BCUT2D eigenvalue weighted by molar-refractivity contribution is -0.121. The molecule has 7 nitrogen and oxygen atoms in total. The Bertz CT molecular complexity index is 608.